The Balaban J connectivity index is 2.96. The third kappa shape index (κ3) is 8.16. The van der Waals surface area contributed by atoms with Crippen LogP contribution in [-0.4, -0.2) is 13.7 Å². The smallest absolute Gasteiger partial charge is 0.128 e. The quantitative estimate of drug-likeness (QED) is 0.175. The maximum absolute atomic E-state index is 14.7. The molecule has 3 unspecified atom stereocenters. The van der Waals surface area contributed by atoms with Gasteiger partial charge in [-0.1, -0.05) is 71.6 Å². The Kier molecular flexibility index (Phi) is 11.8. The second-order valence-corrected chi connectivity index (χ2v) is 8.73. The van der Waals surface area contributed by atoms with Crippen LogP contribution in [0.2, 0.25) is 0 Å². The van der Waals surface area contributed by atoms with Crippen LogP contribution in [0.4, 0.5) is 14.5 Å². The van der Waals surface area contributed by atoms with Gasteiger partial charge in [0, 0.05) is 18.7 Å². The molecule has 176 valence electrons. The van der Waals surface area contributed by atoms with Crippen LogP contribution in [-0.2, 0) is 6.42 Å². The van der Waals surface area contributed by atoms with Gasteiger partial charge in [-0.2, -0.15) is 0 Å². The van der Waals surface area contributed by atoms with Crippen LogP contribution in [0.1, 0.15) is 52.5 Å². The predicted molar refractivity (Wildman–Crippen MR) is 135 cm³/mol. The molecular formula is C28H40F2N2. The first-order chi connectivity index (χ1) is 15.2. The first-order valence-corrected chi connectivity index (χ1v) is 11.4. The molecule has 0 aromatic heterocycles. The number of allylic oxidation sites excluding steroid dienone is 5. The first-order valence-electron chi connectivity index (χ1n) is 11.4. The van der Waals surface area contributed by atoms with Crippen molar-refractivity contribution in [2.45, 2.75) is 53.4 Å². The molecule has 0 aliphatic carbocycles. The van der Waals surface area contributed by atoms with Gasteiger partial charge in [-0.15, -0.1) is 5.73 Å². The van der Waals surface area contributed by atoms with Gasteiger partial charge >= 0.3 is 0 Å². The maximum Gasteiger partial charge on any atom is 0.128 e. The molecule has 0 bridgehead atoms. The SMILES string of the molecule is C=C=C(Nc1ccc(CC(C)/C=C\CF)c(F)c1)C(C)C(C)(CC)CC/C(C=C)=C/NC. The molecule has 1 aromatic rings. The second kappa shape index (κ2) is 13.8. The molecule has 1 aromatic carbocycles. The van der Waals surface area contributed by atoms with Gasteiger partial charge in [-0.25, -0.2) is 8.78 Å². The number of nitrogens with one attached hydrogen (secondary N) is 2. The highest BCUT2D eigenvalue weighted by atomic mass is 19.1. The molecule has 2 nitrogen and oxygen atoms in total. The summed E-state index contributed by atoms with van der Waals surface area (Å²) in [5.74, 6) is -0.0396. The Morgan fingerprint density at radius 1 is 1.31 bits per heavy atom. The van der Waals surface area contributed by atoms with Crippen LogP contribution in [0.25, 0.3) is 0 Å². The monoisotopic (exact) mass is 442 g/mol. The van der Waals surface area contributed by atoms with Gasteiger partial charge in [0.2, 0.25) is 0 Å². The van der Waals surface area contributed by atoms with E-state index in [0.29, 0.717) is 17.7 Å². The van der Waals surface area contributed by atoms with Gasteiger partial charge in [0.1, 0.15) is 12.5 Å². The van der Waals surface area contributed by atoms with Crippen molar-refractivity contribution in [3.05, 3.63) is 84.2 Å². The van der Waals surface area contributed by atoms with Crippen LogP contribution in [0.3, 0.4) is 0 Å². The van der Waals surface area contributed by atoms with E-state index in [1.165, 1.54) is 17.7 Å². The highest BCUT2D eigenvalue weighted by Crippen LogP contribution is 2.41. The third-order valence-corrected chi connectivity index (χ3v) is 6.48. The highest BCUT2D eigenvalue weighted by Gasteiger charge is 2.32. The summed E-state index contributed by atoms with van der Waals surface area (Å²) in [6, 6.07) is 5.18. The molecule has 0 fully saturated rings. The summed E-state index contributed by atoms with van der Waals surface area (Å²) in [5.41, 5.74) is 6.39. The standard InChI is InChI=1S/C28H40F2N2/c1-8-23(20-31-7)15-16-28(6,10-3)22(5)27(9-2)32-25-14-13-24(26(30)19-25)18-21(4)12-11-17-29/h8,11-14,19-22,31-32H,1-2,10,15-18H2,3-7H3/b12-11-,23-20+. The van der Waals surface area contributed by atoms with E-state index >= 15 is 0 Å². The van der Waals surface area contributed by atoms with E-state index in [1.807, 2.05) is 32.3 Å². The number of halogens is 2. The average Bonchev–Trinajstić information content (AvgIpc) is 2.79. The molecule has 0 radical (unpaired) electrons. The molecule has 4 heteroatoms. The van der Waals surface area contributed by atoms with Crippen molar-refractivity contribution in [3.8, 4) is 0 Å². The van der Waals surface area contributed by atoms with Gasteiger partial charge in [0.25, 0.3) is 0 Å². The topological polar surface area (TPSA) is 24.1 Å². The molecule has 1 rings (SSSR count). The van der Waals surface area contributed by atoms with E-state index in [4.69, 9.17) is 0 Å². The number of hydrogen-bond acceptors (Lipinski definition) is 2. The Labute approximate surface area is 193 Å². The Hall–Kier alpha value is -2.58. The maximum atomic E-state index is 14.7. The number of alkyl halides is 1. The van der Waals surface area contributed by atoms with Crippen LogP contribution in [0.15, 0.2) is 72.8 Å². The van der Waals surface area contributed by atoms with E-state index in [-0.39, 0.29) is 23.1 Å². The zero-order chi connectivity index (χ0) is 24.1. The van der Waals surface area contributed by atoms with Crippen molar-refractivity contribution < 1.29 is 8.78 Å². The molecule has 0 heterocycles. The first kappa shape index (κ1) is 27.5. The lowest BCUT2D eigenvalue weighted by molar-refractivity contribution is 0.205. The summed E-state index contributed by atoms with van der Waals surface area (Å²) in [6.07, 6.45) is 10.5. The number of rotatable bonds is 14. The normalized spacial score (nSPS) is 15.5. The lowest BCUT2D eigenvalue weighted by Gasteiger charge is -2.36. The molecule has 0 aliphatic rings. The van der Waals surface area contributed by atoms with Gasteiger partial charge in [-0.3, -0.25) is 0 Å². The summed E-state index contributed by atoms with van der Waals surface area (Å²) < 4.78 is 27.0. The van der Waals surface area contributed by atoms with E-state index in [1.54, 1.807) is 12.1 Å². The molecule has 32 heavy (non-hydrogen) atoms. The molecule has 0 aliphatic heterocycles. The van der Waals surface area contributed by atoms with Crippen LogP contribution in [0, 0.1) is 23.1 Å². The Morgan fingerprint density at radius 2 is 2.03 bits per heavy atom. The van der Waals surface area contributed by atoms with Gasteiger partial charge in [0.05, 0.1) is 5.70 Å². The summed E-state index contributed by atoms with van der Waals surface area (Å²) in [5, 5.41) is 6.41. The molecule has 2 N–H and O–H groups in total. The number of hydrogen-bond donors (Lipinski definition) is 2. The Morgan fingerprint density at radius 3 is 2.56 bits per heavy atom. The van der Waals surface area contributed by atoms with E-state index in [2.05, 4.69) is 50.3 Å². The van der Waals surface area contributed by atoms with Crippen molar-refractivity contribution in [2.75, 3.05) is 19.0 Å². The van der Waals surface area contributed by atoms with Crippen molar-refractivity contribution >= 4 is 5.69 Å². The van der Waals surface area contributed by atoms with Crippen molar-refractivity contribution in [1.82, 2.24) is 5.32 Å². The fraction of sp³-hybridized carbons (Fsp3) is 0.464. The highest BCUT2D eigenvalue weighted by molar-refractivity contribution is 5.50. The predicted octanol–water partition coefficient (Wildman–Crippen LogP) is 7.73. The zero-order valence-corrected chi connectivity index (χ0v) is 20.4. The lowest BCUT2D eigenvalue weighted by atomic mass is 9.70. The van der Waals surface area contributed by atoms with Gasteiger partial charge in [0.15, 0.2) is 0 Å². The molecule has 0 saturated heterocycles. The van der Waals surface area contributed by atoms with Gasteiger partial charge < -0.3 is 10.6 Å². The van der Waals surface area contributed by atoms with Crippen LogP contribution in [0.5, 0.6) is 0 Å². The van der Waals surface area contributed by atoms with Crippen molar-refractivity contribution in [3.63, 3.8) is 0 Å². The molecule has 0 amide bonds. The summed E-state index contributed by atoms with van der Waals surface area (Å²) in [4.78, 5) is 0. The van der Waals surface area contributed by atoms with E-state index in [0.717, 1.165) is 25.0 Å². The Bertz CT molecular complexity index is 849. The van der Waals surface area contributed by atoms with Crippen LogP contribution >= 0.6 is 0 Å². The number of benzene rings is 1. The zero-order valence-electron chi connectivity index (χ0n) is 20.4. The minimum atomic E-state index is -0.498. The molecule has 0 spiro atoms. The molecule has 3 atom stereocenters. The van der Waals surface area contributed by atoms with Crippen molar-refractivity contribution in [1.29, 1.82) is 0 Å². The number of anilines is 1. The fourth-order valence-corrected chi connectivity index (χ4v) is 3.85. The summed E-state index contributed by atoms with van der Waals surface area (Å²) >= 11 is 0. The van der Waals surface area contributed by atoms with Crippen LogP contribution < -0.4 is 10.6 Å². The van der Waals surface area contributed by atoms with E-state index in [9.17, 15) is 8.78 Å². The second-order valence-electron chi connectivity index (χ2n) is 8.73. The fourth-order valence-electron chi connectivity index (χ4n) is 3.85. The third-order valence-electron chi connectivity index (χ3n) is 6.48. The summed E-state index contributed by atoms with van der Waals surface area (Å²) in [7, 11) is 1.89. The molecule has 0 saturated carbocycles. The summed E-state index contributed by atoms with van der Waals surface area (Å²) in [6.45, 7) is 15.9. The minimum absolute atomic E-state index is 0.0134. The lowest BCUT2D eigenvalue weighted by Crippen LogP contribution is -2.28. The van der Waals surface area contributed by atoms with E-state index < -0.39 is 6.67 Å². The largest absolute Gasteiger partial charge is 0.394 e. The average molecular weight is 443 g/mol. The minimum Gasteiger partial charge on any atom is -0.394 e. The molecular weight excluding hydrogens is 402 g/mol. The van der Waals surface area contributed by atoms with Crippen molar-refractivity contribution in [2.24, 2.45) is 17.3 Å². The van der Waals surface area contributed by atoms with Gasteiger partial charge in [-0.05, 0) is 60.1 Å².